The van der Waals surface area contributed by atoms with Crippen molar-refractivity contribution in [3.05, 3.63) is 51.7 Å². The maximum Gasteiger partial charge on any atom is 0.293 e. The van der Waals surface area contributed by atoms with Crippen LogP contribution in [0.1, 0.15) is 4.88 Å². The Bertz CT molecular complexity index is 945. The lowest BCUT2D eigenvalue weighted by Crippen LogP contribution is -2.33. The van der Waals surface area contributed by atoms with Crippen molar-refractivity contribution in [1.29, 1.82) is 0 Å². The maximum absolute atomic E-state index is 12.6. The van der Waals surface area contributed by atoms with Gasteiger partial charge in [0.15, 0.2) is 16.6 Å². The molecule has 0 unspecified atom stereocenters. The number of ether oxygens (including phenoxy) is 1. The highest BCUT2D eigenvalue weighted by atomic mass is 32.1. The summed E-state index contributed by atoms with van der Waals surface area (Å²) in [6.07, 6.45) is 1.77. The molecule has 24 heavy (non-hydrogen) atoms. The second-order valence-corrected chi connectivity index (χ2v) is 7.11. The molecule has 4 rings (SSSR count). The van der Waals surface area contributed by atoms with Crippen LogP contribution in [0, 0.1) is 0 Å². The first-order valence-electron chi connectivity index (χ1n) is 7.18. The first-order valence-corrected chi connectivity index (χ1v) is 8.94. The molecule has 0 aliphatic carbocycles. The van der Waals surface area contributed by atoms with Crippen molar-refractivity contribution >= 4 is 45.5 Å². The highest BCUT2D eigenvalue weighted by molar-refractivity contribution is 7.13. The lowest BCUT2D eigenvalue weighted by Gasteiger charge is -2.27. The maximum atomic E-state index is 12.6. The lowest BCUT2D eigenvalue weighted by atomic mass is 10.1. The molecule has 5 nitrogen and oxygen atoms in total. The summed E-state index contributed by atoms with van der Waals surface area (Å²) in [6.45, 7) is 0. The molecule has 0 fully saturated rings. The number of thiazole rings is 1. The van der Waals surface area contributed by atoms with Crippen molar-refractivity contribution in [3.63, 3.8) is 0 Å². The van der Waals surface area contributed by atoms with E-state index in [1.165, 1.54) is 11.3 Å². The molecule has 1 aliphatic rings. The Hall–Kier alpha value is -2.64. The van der Waals surface area contributed by atoms with E-state index in [-0.39, 0.29) is 5.91 Å². The van der Waals surface area contributed by atoms with E-state index >= 15 is 0 Å². The molecule has 120 valence electrons. The van der Waals surface area contributed by atoms with Crippen LogP contribution in [0.4, 0.5) is 10.8 Å². The van der Waals surface area contributed by atoms with Crippen LogP contribution in [-0.2, 0) is 4.79 Å². The standard InChI is InChI=1S/C17H13N3O2S2/c1-20-13-7-10(12-9-24-17(18)19-12)4-5-14(13)22-15(16(20)21)8-11-3-2-6-23-11/h2-9H,1H3,(H2,18,19)/b15-8+. The molecule has 1 amide bonds. The van der Waals surface area contributed by atoms with E-state index < -0.39 is 0 Å². The SMILES string of the molecule is CN1C(=O)/C(=C\c2cccs2)Oc2ccc(-c3csc(N)n3)cc21. The Morgan fingerprint density at radius 3 is 2.88 bits per heavy atom. The number of anilines is 2. The summed E-state index contributed by atoms with van der Waals surface area (Å²) >= 11 is 2.94. The fraction of sp³-hybridized carbons (Fsp3) is 0.0588. The van der Waals surface area contributed by atoms with E-state index in [4.69, 9.17) is 10.5 Å². The first-order chi connectivity index (χ1) is 11.6. The molecule has 2 N–H and O–H groups in total. The number of thiophene rings is 1. The molecule has 0 saturated carbocycles. The first kappa shape index (κ1) is 14.9. The minimum atomic E-state index is -0.175. The topological polar surface area (TPSA) is 68.5 Å². The van der Waals surface area contributed by atoms with E-state index in [2.05, 4.69) is 4.98 Å². The number of fused-ring (bicyclic) bond motifs is 1. The normalized spacial score (nSPS) is 15.5. The molecular weight excluding hydrogens is 342 g/mol. The number of nitrogens with two attached hydrogens (primary N) is 1. The number of carbonyl (C=O) groups excluding carboxylic acids is 1. The summed E-state index contributed by atoms with van der Waals surface area (Å²) in [6, 6.07) is 9.54. The van der Waals surface area contributed by atoms with Crippen LogP contribution in [0.3, 0.4) is 0 Å². The van der Waals surface area contributed by atoms with Gasteiger partial charge >= 0.3 is 0 Å². The minimum Gasteiger partial charge on any atom is -0.449 e. The fourth-order valence-corrected chi connectivity index (χ4v) is 3.69. The second kappa shape index (κ2) is 5.77. The van der Waals surface area contributed by atoms with E-state index in [9.17, 15) is 4.79 Å². The molecule has 0 spiro atoms. The van der Waals surface area contributed by atoms with Crippen LogP contribution in [-0.4, -0.2) is 17.9 Å². The predicted octanol–water partition coefficient (Wildman–Crippen LogP) is 3.85. The van der Waals surface area contributed by atoms with Gasteiger partial charge in [-0.15, -0.1) is 22.7 Å². The highest BCUT2D eigenvalue weighted by Crippen LogP contribution is 2.38. The number of benzene rings is 1. The average Bonchev–Trinajstić information content (AvgIpc) is 3.24. The molecular formula is C17H13N3O2S2. The number of nitrogens with zero attached hydrogens (tertiary/aromatic N) is 2. The van der Waals surface area contributed by atoms with Crippen molar-refractivity contribution in [2.75, 3.05) is 17.7 Å². The van der Waals surface area contributed by atoms with E-state index in [0.717, 1.165) is 16.1 Å². The molecule has 3 heterocycles. The summed E-state index contributed by atoms with van der Waals surface area (Å²) in [7, 11) is 1.74. The van der Waals surface area contributed by atoms with Gasteiger partial charge in [0.25, 0.3) is 5.91 Å². The summed E-state index contributed by atoms with van der Waals surface area (Å²) in [5, 5.41) is 4.37. The Kier molecular flexibility index (Phi) is 3.59. The quantitative estimate of drug-likeness (QED) is 0.709. The average molecular weight is 355 g/mol. The molecule has 0 atom stereocenters. The molecule has 0 radical (unpaired) electrons. The summed E-state index contributed by atoms with van der Waals surface area (Å²) in [4.78, 5) is 19.4. The van der Waals surface area contributed by atoms with Gasteiger partial charge in [-0.2, -0.15) is 0 Å². The van der Waals surface area contributed by atoms with Gasteiger partial charge in [-0.25, -0.2) is 4.98 Å². The number of aromatic nitrogens is 1. The zero-order chi connectivity index (χ0) is 16.7. The predicted molar refractivity (Wildman–Crippen MR) is 98.3 cm³/mol. The van der Waals surface area contributed by atoms with Crippen molar-refractivity contribution in [1.82, 2.24) is 4.98 Å². The minimum absolute atomic E-state index is 0.175. The monoisotopic (exact) mass is 355 g/mol. The van der Waals surface area contributed by atoms with E-state index in [1.54, 1.807) is 29.4 Å². The molecule has 1 aromatic carbocycles. The van der Waals surface area contributed by atoms with Gasteiger partial charge in [-0.1, -0.05) is 6.07 Å². The van der Waals surface area contributed by atoms with Crippen molar-refractivity contribution in [3.8, 4) is 17.0 Å². The number of rotatable bonds is 2. The van der Waals surface area contributed by atoms with E-state index in [0.29, 0.717) is 22.3 Å². The van der Waals surface area contributed by atoms with Gasteiger partial charge < -0.3 is 15.4 Å². The van der Waals surface area contributed by atoms with Gasteiger partial charge in [-0.3, -0.25) is 4.79 Å². The Labute approximate surface area is 146 Å². The Morgan fingerprint density at radius 1 is 1.29 bits per heavy atom. The van der Waals surface area contributed by atoms with Gasteiger partial charge in [-0.05, 0) is 29.6 Å². The number of carbonyl (C=O) groups is 1. The number of nitrogen functional groups attached to an aromatic ring is 1. The molecule has 0 bridgehead atoms. The largest absolute Gasteiger partial charge is 0.449 e. The van der Waals surface area contributed by atoms with Gasteiger partial charge in [0.1, 0.15) is 0 Å². The zero-order valence-electron chi connectivity index (χ0n) is 12.7. The Balaban J connectivity index is 1.73. The van der Waals surface area contributed by atoms with Crippen LogP contribution >= 0.6 is 22.7 Å². The molecule has 0 saturated heterocycles. The third-order valence-corrected chi connectivity index (χ3v) is 5.18. The van der Waals surface area contributed by atoms with E-state index in [1.807, 2.05) is 41.1 Å². The third-order valence-electron chi connectivity index (χ3n) is 3.69. The van der Waals surface area contributed by atoms with Gasteiger partial charge in [0.05, 0.1) is 11.4 Å². The zero-order valence-corrected chi connectivity index (χ0v) is 14.4. The van der Waals surface area contributed by atoms with Crippen LogP contribution in [0.25, 0.3) is 17.3 Å². The smallest absolute Gasteiger partial charge is 0.293 e. The van der Waals surface area contributed by atoms with Crippen LogP contribution < -0.4 is 15.4 Å². The van der Waals surface area contributed by atoms with Crippen molar-refractivity contribution in [2.24, 2.45) is 0 Å². The molecule has 7 heteroatoms. The lowest BCUT2D eigenvalue weighted by molar-refractivity contribution is -0.117. The van der Waals surface area contributed by atoms with Crippen LogP contribution in [0.2, 0.25) is 0 Å². The number of hydrogen-bond donors (Lipinski definition) is 1. The summed E-state index contributed by atoms with van der Waals surface area (Å²) in [5.41, 5.74) is 8.10. The third kappa shape index (κ3) is 2.57. The van der Waals surface area contributed by atoms with Crippen molar-refractivity contribution in [2.45, 2.75) is 0 Å². The second-order valence-electron chi connectivity index (χ2n) is 5.24. The summed E-state index contributed by atoms with van der Waals surface area (Å²) in [5.74, 6) is 0.788. The van der Waals surface area contributed by atoms with Crippen LogP contribution in [0.5, 0.6) is 5.75 Å². The van der Waals surface area contributed by atoms with Gasteiger partial charge in [0, 0.05) is 28.9 Å². The highest BCUT2D eigenvalue weighted by Gasteiger charge is 2.28. The molecule has 2 aromatic heterocycles. The fourth-order valence-electron chi connectivity index (χ4n) is 2.48. The number of likely N-dealkylation sites (N-methyl/N-ethyl adjacent to an activating group) is 1. The van der Waals surface area contributed by atoms with Gasteiger partial charge in [0.2, 0.25) is 0 Å². The number of amides is 1. The molecule has 3 aromatic rings. The molecule has 1 aliphatic heterocycles. The van der Waals surface area contributed by atoms with Crippen molar-refractivity contribution < 1.29 is 9.53 Å². The van der Waals surface area contributed by atoms with Crippen LogP contribution in [0.15, 0.2) is 46.9 Å². The number of hydrogen-bond acceptors (Lipinski definition) is 6. The summed E-state index contributed by atoms with van der Waals surface area (Å²) < 4.78 is 5.82. The Morgan fingerprint density at radius 2 is 2.17 bits per heavy atom.